The first kappa shape index (κ1) is 22.9. The maximum atomic E-state index is 12.7. The van der Waals surface area contributed by atoms with Gasteiger partial charge in [-0.05, 0) is 41.8 Å². The van der Waals surface area contributed by atoms with Crippen LogP contribution in [-0.2, 0) is 9.59 Å². The minimum Gasteiger partial charge on any atom is -0.497 e. The summed E-state index contributed by atoms with van der Waals surface area (Å²) in [6.45, 7) is 3.41. The van der Waals surface area contributed by atoms with Crippen LogP contribution in [0.4, 0.5) is 0 Å². The zero-order valence-corrected chi connectivity index (χ0v) is 19.0. The van der Waals surface area contributed by atoms with E-state index in [0.717, 1.165) is 24.0 Å². The van der Waals surface area contributed by atoms with Crippen LogP contribution in [0, 0.1) is 5.92 Å². The van der Waals surface area contributed by atoms with Crippen LogP contribution < -0.4 is 19.5 Å². The first-order chi connectivity index (χ1) is 16.0. The maximum absolute atomic E-state index is 12.7. The van der Waals surface area contributed by atoms with E-state index in [1.54, 1.807) is 7.11 Å². The minimum atomic E-state index is -0.896. The fourth-order valence-corrected chi connectivity index (χ4v) is 4.72. The molecule has 1 amide bonds. The van der Waals surface area contributed by atoms with Gasteiger partial charge in [0, 0.05) is 25.0 Å². The van der Waals surface area contributed by atoms with Crippen molar-refractivity contribution < 1.29 is 28.9 Å². The lowest BCUT2D eigenvalue weighted by Crippen LogP contribution is -2.38. The van der Waals surface area contributed by atoms with Crippen LogP contribution in [-0.4, -0.2) is 55.4 Å². The third-order valence-corrected chi connectivity index (χ3v) is 6.36. The summed E-state index contributed by atoms with van der Waals surface area (Å²) in [7, 11) is 1.59. The number of hydrogen-bond donors (Lipinski definition) is 2. The predicted octanol–water partition coefficient (Wildman–Crippen LogP) is 3.18. The van der Waals surface area contributed by atoms with Crippen LogP contribution in [0.1, 0.15) is 42.9 Å². The Morgan fingerprint density at radius 3 is 2.55 bits per heavy atom. The number of carboxylic acids is 1. The van der Waals surface area contributed by atoms with E-state index in [2.05, 4.69) is 12.2 Å². The monoisotopic (exact) mass is 454 g/mol. The number of methoxy groups -OCH3 is 1. The highest BCUT2D eigenvalue weighted by molar-refractivity contribution is 5.79. The van der Waals surface area contributed by atoms with Crippen LogP contribution in [0.5, 0.6) is 17.2 Å². The number of unbranched alkanes of at least 4 members (excludes halogenated alkanes) is 1. The largest absolute Gasteiger partial charge is 0.497 e. The van der Waals surface area contributed by atoms with E-state index in [-0.39, 0.29) is 25.2 Å². The maximum Gasteiger partial charge on any atom is 0.309 e. The molecule has 4 rings (SSSR count). The van der Waals surface area contributed by atoms with E-state index >= 15 is 0 Å². The van der Waals surface area contributed by atoms with Gasteiger partial charge in [0.15, 0.2) is 11.5 Å². The number of carboxylic acid groups (broad SMARTS) is 1. The number of likely N-dealkylation sites (tertiary alicyclic amines) is 1. The highest BCUT2D eigenvalue weighted by atomic mass is 16.7. The number of hydrogen-bond acceptors (Lipinski definition) is 6. The molecule has 0 aromatic heterocycles. The van der Waals surface area contributed by atoms with Gasteiger partial charge in [-0.3, -0.25) is 14.5 Å². The molecule has 0 radical (unpaired) electrons. The van der Waals surface area contributed by atoms with Crippen molar-refractivity contribution in [3.8, 4) is 17.2 Å². The lowest BCUT2D eigenvalue weighted by atomic mass is 9.82. The molecule has 2 aliphatic rings. The number of fused-ring (bicyclic) bond motifs is 1. The van der Waals surface area contributed by atoms with E-state index in [9.17, 15) is 14.7 Å². The molecule has 8 nitrogen and oxygen atoms in total. The van der Waals surface area contributed by atoms with Gasteiger partial charge >= 0.3 is 5.97 Å². The van der Waals surface area contributed by atoms with Crippen molar-refractivity contribution in [3.05, 3.63) is 53.6 Å². The molecule has 1 saturated heterocycles. The average molecular weight is 455 g/mol. The SMILES string of the molecule is CCCCNC(=O)CN1C[C@H](c2ccc3c(c2)OCO3)[C@H](C(=O)O)[C@H]1c1ccc(OC)cc1. The van der Waals surface area contributed by atoms with Gasteiger partial charge in [0.25, 0.3) is 0 Å². The molecular formula is C25H30N2O6. The van der Waals surface area contributed by atoms with Crippen molar-refractivity contribution in [2.24, 2.45) is 5.92 Å². The first-order valence-corrected chi connectivity index (χ1v) is 11.3. The smallest absolute Gasteiger partial charge is 0.309 e. The van der Waals surface area contributed by atoms with Gasteiger partial charge in [0.1, 0.15) is 5.75 Å². The Labute approximate surface area is 193 Å². The molecule has 33 heavy (non-hydrogen) atoms. The molecule has 2 aromatic carbocycles. The average Bonchev–Trinajstić information content (AvgIpc) is 3.43. The third kappa shape index (κ3) is 4.90. The molecule has 1 fully saturated rings. The van der Waals surface area contributed by atoms with Crippen molar-refractivity contribution in [1.29, 1.82) is 0 Å². The van der Waals surface area contributed by atoms with Gasteiger partial charge in [-0.25, -0.2) is 0 Å². The predicted molar refractivity (Wildman–Crippen MR) is 122 cm³/mol. The molecule has 2 aromatic rings. The van der Waals surface area contributed by atoms with E-state index in [0.29, 0.717) is 30.3 Å². The quantitative estimate of drug-likeness (QED) is 0.562. The summed E-state index contributed by atoms with van der Waals surface area (Å²) >= 11 is 0. The standard InChI is InChI=1S/C25H30N2O6/c1-3-4-11-26-22(28)14-27-13-19(17-7-10-20-21(12-17)33-15-32-20)23(25(29)30)24(27)16-5-8-18(31-2)9-6-16/h5-10,12,19,23-24H,3-4,11,13-15H2,1-2H3,(H,26,28)(H,29,30)/t19-,23+,24-/m1/s1. The van der Waals surface area contributed by atoms with Crippen LogP contribution in [0.25, 0.3) is 0 Å². The topological polar surface area (TPSA) is 97.3 Å². The Hall–Kier alpha value is -3.26. The van der Waals surface area contributed by atoms with E-state index in [1.807, 2.05) is 47.4 Å². The molecule has 0 bridgehead atoms. The molecule has 0 spiro atoms. The summed E-state index contributed by atoms with van der Waals surface area (Å²) in [4.78, 5) is 27.2. The fourth-order valence-electron chi connectivity index (χ4n) is 4.72. The highest BCUT2D eigenvalue weighted by Gasteiger charge is 2.48. The normalized spacial score (nSPS) is 21.7. The summed E-state index contributed by atoms with van der Waals surface area (Å²) in [5.74, 6) is -0.0738. The van der Waals surface area contributed by atoms with Crippen molar-refractivity contribution in [2.75, 3.05) is 33.5 Å². The number of nitrogens with zero attached hydrogens (tertiary/aromatic N) is 1. The summed E-state index contributed by atoms with van der Waals surface area (Å²) < 4.78 is 16.2. The summed E-state index contributed by atoms with van der Waals surface area (Å²) in [6.07, 6.45) is 1.90. The van der Waals surface area contributed by atoms with Gasteiger partial charge in [-0.2, -0.15) is 0 Å². The van der Waals surface area contributed by atoms with Crippen molar-refractivity contribution in [3.63, 3.8) is 0 Å². The molecule has 2 heterocycles. The molecular weight excluding hydrogens is 424 g/mol. The molecule has 2 aliphatic heterocycles. The Morgan fingerprint density at radius 2 is 1.85 bits per heavy atom. The lowest BCUT2D eigenvalue weighted by Gasteiger charge is -2.27. The molecule has 0 unspecified atom stereocenters. The number of nitrogens with one attached hydrogen (secondary N) is 1. The molecule has 3 atom stereocenters. The Kier molecular flexibility index (Phi) is 7.03. The van der Waals surface area contributed by atoms with Crippen LogP contribution >= 0.6 is 0 Å². The fraction of sp³-hybridized carbons (Fsp3) is 0.440. The second-order valence-corrected chi connectivity index (χ2v) is 8.43. The zero-order valence-electron chi connectivity index (χ0n) is 19.0. The number of benzene rings is 2. The lowest BCUT2D eigenvalue weighted by molar-refractivity contribution is -0.143. The van der Waals surface area contributed by atoms with Crippen LogP contribution in [0.2, 0.25) is 0 Å². The van der Waals surface area contributed by atoms with E-state index in [1.165, 1.54) is 0 Å². The number of carbonyl (C=O) groups excluding carboxylic acids is 1. The molecule has 0 saturated carbocycles. The number of rotatable bonds is 9. The third-order valence-electron chi connectivity index (χ3n) is 6.36. The van der Waals surface area contributed by atoms with Gasteiger partial charge in [-0.15, -0.1) is 0 Å². The Bertz CT molecular complexity index is 993. The Balaban J connectivity index is 1.66. The van der Waals surface area contributed by atoms with Crippen molar-refractivity contribution in [1.82, 2.24) is 10.2 Å². The van der Waals surface area contributed by atoms with Gasteiger partial charge in [0.05, 0.1) is 19.6 Å². The van der Waals surface area contributed by atoms with Gasteiger partial charge in [0.2, 0.25) is 12.7 Å². The second-order valence-electron chi connectivity index (χ2n) is 8.43. The second kappa shape index (κ2) is 10.1. The molecule has 8 heteroatoms. The van der Waals surface area contributed by atoms with Crippen molar-refractivity contribution in [2.45, 2.75) is 31.7 Å². The van der Waals surface area contributed by atoms with E-state index in [4.69, 9.17) is 14.2 Å². The Morgan fingerprint density at radius 1 is 1.12 bits per heavy atom. The number of ether oxygens (including phenoxy) is 3. The molecule has 176 valence electrons. The van der Waals surface area contributed by atoms with Crippen molar-refractivity contribution >= 4 is 11.9 Å². The molecule has 0 aliphatic carbocycles. The van der Waals surface area contributed by atoms with Crippen LogP contribution in [0.15, 0.2) is 42.5 Å². The first-order valence-electron chi connectivity index (χ1n) is 11.3. The van der Waals surface area contributed by atoms with E-state index < -0.39 is 17.9 Å². The zero-order chi connectivity index (χ0) is 23.4. The minimum absolute atomic E-state index is 0.0996. The summed E-state index contributed by atoms with van der Waals surface area (Å²) in [5, 5.41) is 13.2. The number of amides is 1. The van der Waals surface area contributed by atoms with Crippen LogP contribution in [0.3, 0.4) is 0 Å². The van der Waals surface area contributed by atoms with Gasteiger partial charge < -0.3 is 24.6 Å². The summed E-state index contributed by atoms with van der Waals surface area (Å²) in [5.41, 5.74) is 1.70. The number of carbonyl (C=O) groups is 2. The van der Waals surface area contributed by atoms with Gasteiger partial charge in [-0.1, -0.05) is 31.5 Å². The number of aliphatic carboxylic acids is 1. The highest BCUT2D eigenvalue weighted by Crippen LogP contribution is 2.47. The molecule has 2 N–H and O–H groups in total. The summed E-state index contributed by atoms with van der Waals surface area (Å²) in [6, 6.07) is 12.5.